The molecule has 1 aliphatic heterocycles. The largest absolute Gasteiger partial charge is 0.481 e. The lowest BCUT2D eigenvalue weighted by Gasteiger charge is -2.31. The van der Waals surface area contributed by atoms with Crippen molar-refractivity contribution in [3.8, 4) is 22.7 Å². The average Bonchev–Trinajstić information content (AvgIpc) is 2.96. The minimum atomic E-state index is -0.547. The lowest BCUT2D eigenvalue weighted by atomic mass is 10.0. The molecule has 41 heavy (non-hydrogen) atoms. The maximum Gasteiger partial charge on any atom is 0.266 e. The number of hydrogen-bond acceptors (Lipinski definition) is 9. The third-order valence-corrected chi connectivity index (χ3v) is 7.11. The van der Waals surface area contributed by atoms with E-state index in [9.17, 15) is 9.59 Å². The summed E-state index contributed by atoms with van der Waals surface area (Å²) in [6.45, 7) is 3.23. The number of pyridine rings is 1. The average molecular weight is 549 g/mol. The van der Waals surface area contributed by atoms with Gasteiger partial charge in [-0.05, 0) is 48.7 Å². The first-order valence-electron chi connectivity index (χ1n) is 13.2. The molecule has 11 nitrogen and oxygen atoms in total. The Morgan fingerprint density at radius 2 is 1.85 bits per heavy atom. The number of methoxy groups -OCH3 is 1. The van der Waals surface area contributed by atoms with Crippen molar-refractivity contribution < 1.29 is 9.53 Å². The molecular weight excluding hydrogens is 520 g/mol. The van der Waals surface area contributed by atoms with Crippen LogP contribution in [0.4, 0.5) is 11.8 Å². The van der Waals surface area contributed by atoms with Crippen molar-refractivity contribution in [2.75, 3.05) is 31.2 Å². The second-order valence-corrected chi connectivity index (χ2v) is 9.73. The van der Waals surface area contributed by atoms with Crippen LogP contribution < -0.4 is 21.3 Å². The molecular formula is C30H28N8O3. The number of para-hydroxylation sites is 1. The second-order valence-electron chi connectivity index (χ2n) is 9.73. The molecule has 0 aliphatic carbocycles. The molecule has 206 valence electrons. The van der Waals surface area contributed by atoms with Crippen molar-refractivity contribution in [1.82, 2.24) is 29.4 Å². The molecule has 3 N–H and O–H groups in total. The molecule has 1 atom stereocenters. The van der Waals surface area contributed by atoms with Gasteiger partial charge in [-0.15, -0.1) is 0 Å². The van der Waals surface area contributed by atoms with Crippen LogP contribution >= 0.6 is 0 Å². The van der Waals surface area contributed by atoms with Crippen LogP contribution in [-0.4, -0.2) is 55.5 Å². The van der Waals surface area contributed by atoms with E-state index >= 15 is 0 Å². The third kappa shape index (κ3) is 4.82. The van der Waals surface area contributed by atoms with E-state index in [-0.39, 0.29) is 23.2 Å². The predicted octanol–water partition coefficient (Wildman–Crippen LogP) is 3.85. The van der Waals surface area contributed by atoms with E-state index in [1.165, 1.54) is 6.20 Å². The predicted molar refractivity (Wildman–Crippen MR) is 156 cm³/mol. The molecule has 1 saturated heterocycles. The number of amides is 1. The molecule has 3 aromatic heterocycles. The molecule has 1 aliphatic rings. The van der Waals surface area contributed by atoms with Gasteiger partial charge in [-0.2, -0.15) is 4.98 Å². The van der Waals surface area contributed by atoms with E-state index in [4.69, 9.17) is 15.5 Å². The molecule has 1 amide bonds. The molecule has 0 saturated carbocycles. The van der Waals surface area contributed by atoms with Gasteiger partial charge < -0.3 is 20.7 Å². The number of nitrogen functional groups attached to an aromatic ring is 1. The molecule has 1 fully saturated rings. The Bertz CT molecular complexity index is 1820. The molecule has 2 aromatic carbocycles. The fourth-order valence-electron chi connectivity index (χ4n) is 4.91. The first-order valence-corrected chi connectivity index (χ1v) is 13.2. The standard InChI is InChI=1S/C30H28N8O3/c1-18(34-26-22(17-33-30(31)36-26)28(39)37-14-7-15-37)27-35-23-11-6-10-21(19-12-13-32-24(16-19)41-2)25(23)29(40)38(27)20-8-4-3-5-9-20/h3-6,8-13,16-18H,7,14-15H2,1-2H3,(H3,31,33,34,36)/t18-/m0/s1. The lowest BCUT2D eigenvalue weighted by molar-refractivity contribution is 0.0652. The fraction of sp³-hybridized carbons (Fsp3) is 0.200. The maximum absolute atomic E-state index is 14.4. The first-order chi connectivity index (χ1) is 19.9. The summed E-state index contributed by atoms with van der Waals surface area (Å²) >= 11 is 0. The second kappa shape index (κ2) is 10.7. The van der Waals surface area contributed by atoms with Gasteiger partial charge in [-0.1, -0.05) is 30.3 Å². The smallest absolute Gasteiger partial charge is 0.266 e. The summed E-state index contributed by atoms with van der Waals surface area (Å²) in [6.07, 6.45) is 4.04. The van der Waals surface area contributed by atoms with Crippen molar-refractivity contribution in [1.29, 1.82) is 0 Å². The summed E-state index contributed by atoms with van der Waals surface area (Å²) in [5, 5.41) is 3.75. The van der Waals surface area contributed by atoms with Gasteiger partial charge in [0.1, 0.15) is 17.2 Å². The number of ether oxygens (including phenoxy) is 1. The normalized spacial score (nSPS) is 13.5. The number of nitrogens with zero attached hydrogens (tertiary/aromatic N) is 6. The Morgan fingerprint density at radius 3 is 2.59 bits per heavy atom. The number of anilines is 2. The minimum Gasteiger partial charge on any atom is -0.481 e. The van der Waals surface area contributed by atoms with Gasteiger partial charge in [-0.25, -0.2) is 15.0 Å². The zero-order chi connectivity index (χ0) is 28.5. The fourth-order valence-corrected chi connectivity index (χ4v) is 4.91. The van der Waals surface area contributed by atoms with Gasteiger partial charge >= 0.3 is 0 Å². The summed E-state index contributed by atoms with van der Waals surface area (Å²) in [5.41, 5.74) is 8.65. The Labute approximate surface area is 235 Å². The zero-order valence-corrected chi connectivity index (χ0v) is 22.6. The minimum absolute atomic E-state index is 0.0317. The van der Waals surface area contributed by atoms with Gasteiger partial charge in [-0.3, -0.25) is 14.2 Å². The number of aromatic nitrogens is 5. The third-order valence-electron chi connectivity index (χ3n) is 7.11. The molecule has 0 spiro atoms. The molecule has 4 heterocycles. The van der Waals surface area contributed by atoms with Gasteiger partial charge in [0.2, 0.25) is 11.8 Å². The van der Waals surface area contributed by atoms with E-state index in [0.717, 1.165) is 12.0 Å². The van der Waals surface area contributed by atoms with Crippen LogP contribution in [0.15, 0.2) is 77.9 Å². The van der Waals surface area contributed by atoms with E-state index in [1.807, 2.05) is 61.5 Å². The summed E-state index contributed by atoms with van der Waals surface area (Å²) in [7, 11) is 1.55. The van der Waals surface area contributed by atoms with Gasteiger partial charge in [0.05, 0.1) is 29.7 Å². The summed E-state index contributed by atoms with van der Waals surface area (Å²) in [4.78, 5) is 46.7. The SMILES string of the molecule is COc1cc(-c2cccc3nc([C@H](C)Nc4nc(N)ncc4C(=O)N4CCC4)n(-c4ccccc4)c(=O)c23)ccn1. The van der Waals surface area contributed by atoms with Gasteiger partial charge in [0, 0.05) is 31.5 Å². The first kappa shape index (κ1) is 25.9. The number of benzene rings is 2. The molecule has 11 heteroatoms. The van der Waals surface area contributed by atoms with Crippen LogP contribution in [0.1, 0.15) is 35.6 Å². The van der Waals surface area contributed by atoms with Crippen molar-refractivity contribution in [2.45, 2.75) is 19.4 Å². The lowest BCUT2D eigenvalue weighted by Crippen LogP contribution is -2.42. The van der Waals surface area contributed by atoms with Crippen LogP contribution in [0.2, 0.25) is 0 Å². The highest BCUT2D eigenvalue weighted by molar-refractivity contribution is 5.99. The quantitative estimate of drug-likeness (QED) is 0.310. The topological polar surface area (TPSA) is 141 Å². The highest BCUT2D eigenvalue weighted by atomic mass is 16.5. The van der Waals surface area contributed by atoms with Crippen LogP contribution in [0.25, 0.3) is 27.7 Å². The van der Waals surface area contributed by atoms with E-state index in [0.29, 0.717) is 52.5 Å². The highest BCUT2D eigenvalue weighted by Gasteiger charge is 2.27. The van der Waals surface area contributed by atoms with Gasteiger partial charge in [0.15, 0.2) is 0 Å². The van der Waals surface area contributed by atoms with E-state index < -0.39 is 6.04 Å². The maximum atomic E-state index is 14.4. The van der Waals surface area contributed by atoms with Crippen molar-refractivity contribution in [3.05, 3.63) is 94.8 Å². The Kier molecular flexibility index (Phi) is 6.76. The highest BCUT2D eigenvalue weighted by Crippen LogP contribution is 2.30. The number of hydrogen-bond donors (Lipinski definition) is 2. The molecule has 6 rings (SSSR count). The number of likely N-dealkylation sites (tertiary alicyclic amines) is 1. The molecule has 0 radical (unpaired) electrons. The van der Waals surface area contributed by atoms with Crippen LogP contribution in [0.3, 0.4) is 0 Å². The Hall–Kier alpha value is -5.32. The van der Waals surface area contributed by atoms with E-state index in [2.05, 4.69) is 20.3 Å². The summed E-state index contributed by atoms with van der Waals surface area (Å²) in [6, 6.07) is 17.9. The van der Waals surface area contributed by atoms with Crippen LogP contribution in [0.5, 0.6) is 5.88 Å². The Morgan fingerprint density at radius 1 is 1.05 bits per heavy atom. The number of carbonyl (C=O) groups is 1. The number of fused-ring (bicyclic) bond motifs is 1. The van der Waals surface area contributed by atoms with Crippen LogP contribution in [0, 0.1) is 0 Å². The molecule has 0 bridgehead atoms. The van der Waals surface area contributed by atoms with Crippen LogP contribution in [-0.2, 0) is 0 Å². The monoisotopic (exact) mass is 548 g/mol. The number of nitrogens with one attached hydrogen (secondary N) is 1. The van der Waals surface area contributed by atoms with Crippen molar-refractivity contribution >= 4 is 28.6 Å². The van der Waals surface area contributed by atoms with Crippen molar-refractivity contribution in [2.24, 2.45) is 0 Å². The summed E-state index contributed by atoms with van der Waals surface area (Å²) in [5.74, 6) is 1.03. The number of rotatable bonds is 7. The summed E-state index contributed by atoms with van der Waals surface area (Å²) < 4.78 is 6.90. The van der Waals surface area contributed by atoms with Gasteiger partial charge in [0.25, 0.3) is 11.5 Å². The number of carbonyl (C=O) groups excluding carboxylic acids is 1. The molecule has 5 aromatic rings. The number of nitrogens with two attached hydrogens (primary N) is 1. The Balaban J connectivity index is 1.51. The zero-order valence-electron chi connectivity index (χ0n) is 22.6. The van der Waals surface area contributed by atoms with E-state index in [1.54, 1.807) is 28.8 Å². The molecule has 0 unspecified atom stereocenters. The van der Waals surface area contributed by atoms with Crippen molar-refractivity contribution in [3.63, 3.8) is 0 Å².